The Labute approximate surface area is 158 Å². The molecule has 0 aromatic heterocycles. The normalized spacial score (nSPS) is 14.0. The Kier molecular flexibility index (Phi) is 5.48. The zero-order valence-corrected chi connectivity index (χ0v) is 15.9. The molecule has 0 heterocycles. The number of amides is 1. The Morgan fingerprint density at radius 2 is 2.00 bits per heavy atom. The van der Waals surface area contributed by atoms with Gasteiger partial charge in [0.15, 0.2) is 11.6 Å². The fourth-order valence-electron chi connectivity index (χ4n) is 2.66. The molecule has 0 atom stereocenters. The van der Waals surface area contributed by atoms with E-state index < -0.39 is 15.8 Å². The van der Waals surface area contributed by atoms with Gasteiger partial charge < -0.3 is 9.64 Å². The molecule has 0 radical (unpaired) electrons. The van der Waals surface area contributed by atoms with Gasteiger partial charge in [0.25, 0.3) is 5.91 Å². The molecule has 0 bridgehead atoms. The average Bonchev–Trinajstić information content (AvgIpc) is 3.44. The van der Waals surface area contributed by atoms with Crippen LogP contribution in [0.1, 0.15) is 28.8 Å². The Balaban J connectivity index is 1.75. The minimum atomic E-state index is -3.64. The first kappa shape index (κ1) is 19.3. The standard InChI is InChI=1S/C19H21FN2O4S/c1-22(12-13-6-9-18(26-2)17(20)10-13)19(23)14-4-3-5-16(11-14)27(24,25)21-15-7-8-15/h3-6,9-11,15,21H,7-8,12H2,1-2H3. The summed E-state index contributed by atoms with van der Waals surface area (Å²) in [6.07, 6.45) is 1.66. The van der Waals surface area contributed by atoms with Gasteiger partial charge in [-0.2, -0.15) is 0 Å². The number of sulfonamides is 1. The van der Waals surface area contributed by atoms with Gasteiger partial charge in [0.1, 0.15) is 0 Å². The Bertz CT molecular complexity index is 958. The summed E-state index contributed by atoms with van der Waals surface area (Å²) in [5, 5.41) is 0. The third kappa shape index (κ3) is 4.64. The van der Waals surface area contributed by atoms with E-state index in [9.17, 15) is 17.6 Å². The van der Waals surface area contributed by atoms with E-state index in [0.29, 0.717) is 5.56 Å². The van der Waals surface area contributed by atoms with E-state index in [2.05, 4.69) is 4.72 Å². The van der Waals surface area contributed by atoms with E-state index in [1.54, 1.807) is 19.2 Å². The summed E-state index contributed by atoms with van der Waals surface area (Å²) in [6.45, 7) is 0.178. The average molecular weight is 392 g/mol. The topological polar surface area (TPSA) is 75.7 Å². The molecular weight excluding hydrogens is 371 g/mol. The molecule has 1 aliphatic carbocycles. The van der Waals surface area contributed by atoms with Crippen LogP contribution in [-0.2, 0) is 16.6 Å². The molecule has 144 valence electrons. The Morgan fingerprint density at radius 1 is 1.26 bits per heavy atom. The van der Waals surface area contributed by atoms with Gasteiger partial charge in [0.05, 0.1) is 12.0 Å². The molecule has 6 nitrogen and oxygen atoms in total. The van der Waals surface area contributed by atoms with Crippen LogP contribution in [0.3, 0.4) is 0 Å². The second-order valence-corrected chi connectivity index (χ2v) is 8.27. The summed E-state index contributed by atoms with van der Waals surface area (Å²) < 4.78 is 45.9. The van der Waals surface area contributed by atoms with Crippen molar-refractivity contribution in [2.75, 3.05) is 14.2 Å². The van der Waals surface area contributed by atoms with E-state index in [0.717, 1.165) is 12.8 Å². The lowest BCUT2D eigenvalue weighted by Crippen LogP contribution is -2.28. The minimum absolute atomic E-state index is 0.0120. The van der Waals surface area contributed by atoms with Crippen molar-refractivity contribution in [3.05, 3.63) is 59.4 Å². The van der Waals surface area contributed by atoms with Crippen LogP contribution < -0.4 is 9.46 Å². The molecule has 1 N–H and O–H groups in total. The van der Waals surface area contributed by atoms with E-state index in [-0.39, 0.29) is 34.7 Å². The fourth-order valence-corrected chi connectivity index (χ4v) is 4.01. The van der Waals surface area contributed by atoms with Crippen molar-refractivity contribution in [3.8, 4) is 5.75 Å². The molecule has 3 rings (SSSR count). The summed E-state index contributed by atoms with van der Waals surface area (Å²) in [5.41, 5.74) is 0.855. The molecular formula is C19H21FN2O4S. The quantitative estimate of drug-likeness (QED) is 0.786. The van der Waals surface area contributed by atoms with Crippen LogP contribution in [0.15, 0.2) is 47.4 Å². The SMILES string of the molecule is COc1ccc(CN(C)C(=O)c2cccc(S(=O)(=O)NC3CC3)c2)cc1F. The first-order chi connectivity index (χ1) is 12.8. The van der Waals surface area contributed by atoms with Crippen molar-refractivity contribution in [2.24, 2.45) is 0 Å². The summed E-state index contributed by atoms with van der Waals surface area (Å²) >= 11 is 0. The summed E-state index contributed by atoms with van der Waals surface area (Å²) in [7, 11) is -0.676. The van der Waals surface area contributed by atoms with Crippen molar-refractivity contribution in [3.63, 3.8) is 0 Å². The maximum absolute atomic E-state index is 13.8. The van der Waals surface area contributed by atoms with E-state index in [1.807, 2.05) is 0 Å². The van der Waals surface area contributed by atoms with Crippen LogP contribution in [-0.4, -0.2) is 39.4 Å². The highest BCUT2D eigenvalue weighted by Crippen LogP contribution is 2.23. The number of rotatable bonds is 7. The highest BCUT2D eigenvalue weighted by molar-refractivity contribution is 7.89. The molecule has 0 spiro atoms. The first-order valence-electron chi connectivity index (χ1n) is 8.50. The lowest BCUT2D eigenvalue weighted by atomic mass is 10.1. The number of hydrogen-bond acceptors (Lipinski definition) is 4. The van der Waals surface area contributed by atoms with Gasteiger partial charge in [0.2, 0.25) is 10.0 Å². The molecule has 2 aromatic carbocycles. The van der Waals surface area contributed by atoms with Crippen molar-refractivity contribution < 1.29 is 22.3 Å². The lowest BCUT2D eigenvalue weighted by molar-refractivity contribution is 0.0784. The second-order valence-electron chi connectivity index (χ2n) is 6.55. The number of ether oxygens (including phenoxy) is 1. The number of carbonyl (C=O) groups excluding carboxylic acids is 1. The number of benzene rings is 2. The Morgan fingerprint density at radius 3 is 2.63 bits per heavy atom. The van der Waals surface area contributed by atoms with Crippen molar-refractivity contribution >= 4 is 15.9 Å². The summed E-state index contributed by atoms with van der Waals surface area (Å²) in [4.78, 5) is 14.1. The number of nitrogens with one attached hydrogen (secondary N) is 1. The molecule has 8 heteroatoms. The van der Waals surface area contributed by atoms with Crippen molar-refractivity contribution in [1.82, 2.24) is 9.62 Å². The van der Waals surface area contributed by atoms with Gasteiger partial charge in [-0.15, -0.1) is 0 Å². The van der Waals surface area contributed by atoms with Crippen LogP contribution in [0.5, 0.6) is 5.75 Å². The predicted octanol–water partition coefficient (Wildman–Crippen LogP) is 2.55. The van der Waals surface area contributed by atoms with Gasteiger partial charge in [0, 0.05) is 25.2 Å². The summed E-state index contributed by atoms with van der Waals surface area (Å²) in [6, 6.07) is 10.4. The first-order valence-corrected chi connectivity index (χ1v) is 9.99. The molecule has 0 unspecified atom stereocenters. The highest BCUT2D eigenvalue weighted by atomic mass is 32.2. The molecule has 0 saturated heterocycles. The summed E-state index contributed by atoms with van der Waals surface area (Å²) in [5.74, 6) is -0.724. The number of nitrogens with zero attached hydrogens (tertiary/aromatic N) is 1. The molecule has 27 heavy (non-hydrogen) atoms. The zero-order chi connectivity index (χ0) is 19.6. The van der Waals surface area contributed by atoms with Crippen LogP contribution >= 0.6 is 0 Å². The predicted molar refractivity (Wildman–Crippen MR) is 98.5 cm³/mol. The second kappa shape index (κ2) is 7.66. The van der Waals surface area contributed by atoms with Gasteiger partial charge in [-0.25, -0.2) is 17.5 Å². The van der Waals surface area contributed by atoms with Crippen LogP contribution in [0.2, 0.25) is 0 Å². The number of hydrogen-bond donors (Lipinski definition) is 1. The van der Waals surface area contributed by atoms with Crippen LogP contribution in [0, 0.1) is 5.82 Å². The Hall–Kier alpha value is -2.45. The maximum Gasteiger partial charge on any atom is 0.253 e. The molecule has 1 saturated carbocycles. The fraction of sp³-hybridized carbons (Fsp3) is 0.316. The number of halogens is 1. The lowest BCUT2D eigenvalue weighted by Gasteiger charge is -2.18. The van der Waals surface area contributed by atoms with Crippen molar-refractivity contribution in [1.29, 1.82) is 0 Å². The third-order valence-corrected chi connectivity index (χ3v) is 5.79. The van der Waals surface area contributed by atoms with Crippen molar-refractivity contribution in [2.45, 2.75) is 30.3 Å². The molecule has 2 aromatic rings. The maximum atomic E-state index is 13.8. The number of methoxy groups -OCH3 is 1. The van der Waals surface area contributed by atoms with E-state index >= 15 is 0 Å². The van der Waals surface area contributed by atoms with Gasteiger partial charge in [-0.1, -0.05) is 12.1 Å². The van der Waals surface area contributed by atoms with Crippen LogP contribution in [0.4, 0.5) is 4.39 Å². The van der Waals surface area contributed by atoms with Gasteiger partial charge in [-0.3, -0.25) is 4.79 Å². The van der Waals surface area contributed by atoms with E-state index in [4.69, 9.17) is 4.74 Å². The molecule has 1 aliphatic rings. The van der Waals surface area contributed by atoms with Gasteiger partial charge >= 0.3 is 0 Å². The number of carbonyl (C=O) groups is 1. The largest absolute Gasteiger partial charge is 0.494 e. The molecule has 0 aliphatic heterocycles. The smallest absolute Gasteiger partial charge is 0.253 e. The molecule has 1 fully saturated rings. The van der Waals surface area contributed by atoms with Gasteiger partial charge in [-0.05, 0) is 48.7 Å². The monoisotopic (exact) mass is 392 g/mol. The van der Waals surface area contributed by atoms with E-state index in [1.165, 1.54) is 42.3 Å². The zero-order valence-electron chi connectivity index (χ0n) is 15.1. The highest BCUT2D eigenvalue weighted by Gasteiger charge is 2.28. The molecule has 1 amide bonds. The van der Waals surface area contributed by atoms with Crippen LogP contribution in [0.25, 0.3) is 0 Å². The minimum Gasteiger partial charge on any atom is -0.494 e. The third-order valence-electron chi connectivity index (χ3n) is 4.27.